The molecule has 0 fully saturated rings. The minimum Gasteiger partial charge on any atom is -0.330 e. The van der Waals surface area contributed by atoms with Crippen LogP contribution in [0.1, 0.15) is 19.8 Å². The highest BCUT2D eigenvalue weighted by Crippen LogP contribution is 2.12. The Morgan fingerprint density at radius 3 is 2.74 bits per heavy atom. The third kappa shape index (κ3) is 5.81. The minimum atomic E-state index is -0.417. The van der Waals surface area contributed by atoms with Crippen molar-refractivity contribution < 1.29 is 9.18 Å². The van der Waals surface area contributed by atoms with E-state index in [1.165, 1.54) is 6.07 Å². The van der Waals surface area contributed by atoms with E-state index >= 15 is 0 Å². The number of amides is 1. The topological polar surface area (TPSA) is 58.4 Å². The number of hydrogen-bond acceptors (Lipinski definition) is 3. The van der Waals surface area contributed by atoms with Gasteiger partial charge in [0.1, 0.15) is 5.82 Å². The molecule has 5 heteroatoms. The zero-order valence-electron chi connectivity index (χ0n) is 11.4. The van der Waals surface area contributed by atoms with Crippen molar-refractivity contribution in [1.29, 1.82) is 0 Å². The monoisotopic (exact) mass is 267 g/mol. The third-order valence-corrected chi connectivity index (χ3v) is 2.73. The molecule has 0 saturated heterocycles. The molecule has 0 spiro atoms. The molecule has 19 heavy (non-hydrogen) atoms. The first-order valence-electron chi connectivity index (χ1n) is 6.64. The van der Waals surface area contributed by atoms with Crippen LogP contribution in [0.5, 0.6) is 0 Å². The molecule has 0 atom stereocenters. The average molecular weight is 267 g/mol. The third-order valence-electron chi connectivity index (χ3n) is 2.73. The summed E-state index contributed by atoms with van der Waals surface area (Å²) in [6.45, 7) is 4.56. The van der Waals surface area contributed by atoms with Crippen molar-refractivity contribution in [3.8, 4) is 0 Å². The van der Waals surface area contributed by atoms with Crippen LogP contribution < -0.4 is 11.1 Å². The van der Waals surface area contributed by atoms with E-state index in [1.54, 1.807) is 18.2 Å². The minimum absolute atomic E-state index is 0.199. The standard InChI is InChI=1S/C14H22FN3O/c1-2-9-18(10-5-8-16)11-14(19)17-13-7-4-3-6-12(13)15/h3-4,6-7H,2,5,8-11,16H2,1H3,(H,17,19). The Labute approximate surface area is 113 Å². The summed E-state index contributed by atoms with van der Waals surface area (Å²) in [5, 5.41) is 2.59. The van der Waals surface area contributed by atoms with Crippen molar-refractivity contribution in [3.63, 3.8) is 0 Å². The molecule has 106 valence electrons. The van der Waals surface area contributed by atoms with Gasteiger partial charge in [-0.15, -0.1) is 0 Å². The van der Waals surface area contributed by atoms with Gasteiger partial charge in [-0.1, -0.05) is 19.1 Å². The molecular formula is C14H22FN3O. The molecular weight excluding hydrogens is 245 g/mol. The summed E-state index contributed by atoms with van der Waals surface area (Å²) in [7, 11) is 0. The van der Waals surface area contributed by atoms with E-state index < -0.39 is 5.82 Å². The van der Waals surface area contributed by atoms with Gasteiger partial charge in [0.2, 0.25) is 5.91 Å². The average Bonchev–Trinajstić information content (AvgIpc) is 2.39. The van der Waals surface area contributed by atoms with Crippen molar-refractivity contribution in [2.45, 2.75) is 19.8 Å². The van der Waals surface area contributed by atoms with E-state index in [0.717, 1.165) is 25.9 Å². The lowest BCUT2D eigenvalue weighted by molar-refractivity contribution is -0.117. The Bertz CT molecular complexity index is 398. The van der Waals surface area contributed by atoms with Crippen LogP contribution in [0, 0.1) is 5.82 Å². The Kier molecular flexibility index (Phi) is 7.07. The smallest absolute Gasteiger partial charge is 0.238 e. The molecule has 1 amide bonds. The lowest BCUT2D eigenvalue weighted by atomic mass is 10.3. The number of para-hydroxylation sites is 1. The van der Waals surface area contributed by atoms with Gasteiger partial charge in [-0.3, -0.25) is 9.69 Å². The number of anilines is 1. The Hall–Kier alpha value is -1.46. The predicted molar refractivity (Wildman–Crippen MR) is 75.4 cm³/mol. The maximum Gasteiger partial charge on any atom is 0.238 e. The van der Waals surface area contributed by atoms with Crippen molar-refractivity contribution >= 4 is 11.6 Å². The normalized spacial score (nSPS) is 10.7. The van der Waals surface area contributed by atoms with Crippen LogP contribution in [0.25, 0.3) is 0 Å². The van der Waals surface area contributed by atoms with E-state index in [9.17, 15) is 9.18 Å². The lowest BCUT2D eigenvalue weighted by Crippen LogP contribution is -2.35. The van der Waals surface area contributed by atoms with E-state index in [4.69, 9.17) is 5.73 Å². The highest BCUT2D eigenvalue weighted by atomic mass is 19.1. The van der Waals surface area contributed by atoms with Crippen molar-refractivity contribution in [3.05, 3.63) is 30.1 Å². The summed E-state index contributed by atoms with van der Waals surface area (Å²) < 4.78 is 13.4. The summed E-state index contributed by atoms with van der Waals surface area (Å²) in [6.07, 6.45) is 1.82. The van der Waals surface area contributed by atoms with E-state index in [0.29, 0.717) is 6.54 Å². The van der Waals surface area contributed by atoms with Crippen LogP contribution in [-0.4, -0.2) is 37.0 Å². The van der Waals surface area contributed by atoms with Gasteiger partial charge in [0.15, 0.2) is 0 Å². The molecule has 0 unspecified atom stereocenters. The number of nitrogens with one attached hydrogen (secondary N) is 1. The quantitative estimate of drug-likeness (QED) is 0.755. The summed E-state index contributed by atoms with van der Waals surface area (Å²) in [4.78, 5) is 13.9. The maximum atomic E-state index is 13.4. The van der Waals surface area contributed by atoms with Crippen LogP contribution in [0.4, 0.5) is 10.1 Å². The summed E-state index contributed by atoms with van der Waals surface area (Å²) in [5.41, 5.74) is 5.70. The summed E-state index contributed by atoms with van der Waals surface area (Å²) >= 11 is 0. The number of carbonyl (C=O) groups excluding carboxylic acids is 1. The molecule has 4 nitrogen and oxygen atoms in total. The van der Waals surface area contributed by atoms with Crippen molar-refractivity contribution in [1.82, 2.24) is 4.90 Å². The van der Waals surface area contributed by atoms with Gasteiger partial charge in [0, 0.05) is 0 Å². The number of rotatable bonds is 8. The Morgan fingerprint density at radius 2 is 2.11 bits per heavy atom. The Morgan fingerprint density at radius 1 is 1.37 bits per heavy atom. The van der Waals surface area contributed by atoms with Crippen LogP contribution in [0.2, 0.25) is 0 Å². The van der Waals surface area contributed by atoms with E-state index in [-0.39, 0.29) is 18.1 Å². The first-order valence-corrected chi connectivity index (χ1v) is 6.64. The number of nitrogens with zero attached hydrogens (tertiary/aromatic N) is 1. The van der Waals surface area contributed by atoms with Gasteiger partial charge in [0.25, 0.3) is 0 Å². The van der Waals surface area contributed by atoms with Crippen molar-refractivity contribution in [2.75, 3.05) is 31.5 Å². The highest BCUT2D eigenvalue weighted by molar-refractivity contribution is 5.92. The first kappa shape index (κ1) is 15.6. The fourth-order valence-corrected chi connectivity index (χ4v) is 1.86. The molecule has 1 rings (SSSR count). The molecule has 0 bridgehead atoms. The molecule has 0 aromatic heterocycles. The highest BCUT2D eigenvalue weighted by Gasteiger charge is 2.11. The van der Waals surface area contributed by atoms with Crippen molar-refractivity contribution in [2.24, 2.45) is 5.73 Å². The molecule has 0 heterocycles. The van der Waals surface area contributed by atoms with Gasteiger partial charge in [-0.2, -0.15) is 0 Å². The first-order chi connectivity index (χ1) is 9.17. The fourth-order valence-electron chi connectivity index (χ4n) is 1.86. The Balaban J connectivity index is 2.50. The number of nitrogens with two attached hydrogens (primary N) is 1. The number of halogens is 1. The molecule has 3 N–H and O–H groups in total. The van der Waals surface area contributed by atoms with Crippen LogP contribution in [0.3, 0.4) is 0 Å². The largest absolute Gasteiger partial charge is 0.330 e. The zero-order valence-corrected chi connectivity index (χ0v) is 11.4. The molecule has 1 aromatic carbocycles. The van der Waals surface area contributed by atoms with Gasteiger partial charge in [0.05, 0.1) is 12.2 Å². The summed E-state index contributed by atoms with van der Waals surface area (Å²) in [5.74, 6) is -0.615. The molecule has 0 aliphatic rings. The molecule has 0 aliphatic heterocycles. The molecule has 0 saturated carbocycles. The predicted octanol–water partition coefficient (Wildman–Crippen LogP) is 1.82. The van der Waals surface area contributed by atoms with Gasteiger partial charge >= 0.3 is 0 Å². The SMILES string of the molecule is CCCN(CCCN)CC(=O)Nc1ccccc1F. The second kappa shape index (κ2) is 8.61. The van der Waals surface area contributed by atoms with Gasteiger partial charge in [-0.25, -0.2) is 4.39 Å². The lowest BCUT2D eigenvalue weighted by Gasteiger charge is -2.20. The fraction of sp³-hybridized carbons (Fsp3) is 0.500. The summed E-state index contributed by atoms with van der Waals surface area (Å²) in [6, 6.07) is 6.16. The molecule has 0 aliphatic carbocycles. The second-order valence-corrected chi connectivity index (χ2v) is 4.45. The zero-order chi connectivity index (χ0) is 14.1. The number of benzene rings is 1. The van der Waals surface area contributed by atoms with E-state index in [2.05, 4.69) is 12.2 Å². The number of carbonyl (C=O) groups is 1. The maximum absolute atomic E-state index is 13.4. The van der Waals surface area contributed by atoms with Crippen LogP contribution >= 0.6 is 0 Å². The van der Waals surface area contributed by atoms with Crippen LogP contribution in [-0.2, 0) is 4.79 Å². The molecule has 1 aromatic rings. The second-order valence-electron chi connectivity index (χ2n) is 4.45. The molecule has 0 radical (unpaired) electrons. The van der Waals surface area contributed by atoms with Gasteiger partial charge in [-0.05, 0) is 44.6 Å². The van der Waals surface area contributed by atoms with E-state index in [1.807, 2.05) is 4.90 Å². The number of hydrogen-bond donors (Lipinski definition) is 2. The van der Waals surface area contributed by atoms with Crippen LogP contribution in [0.15, 0.2) is 24.3 Å². The van der Waals surface area contributed by atoms with Gasteiger partial charge < -0.3 is 11.1 Å².